The standard InChI is InChI=1S/C11H16N2O5/c1-6(2)4-7(11(15)16)12-10(14)8-5-9(17-3)13-18-8/h5-7H,4H2,1-3H3,(H,12,14)(H,15,16). The number of hydrogen-bond acceptors (Lipinski definition) is 5. The second kappa shape index (κ2) is 6.04. The van der Waals surface area contributed by atoms with Crippen molar-refractivity contribution in [3.63, 3.8) is 0 Å². The van der Waals surface area contributed by atoms with Crippen LogP contribution in [-0.2, 0) is 4.79 Å². The molecule has 0 saturated carbocycles. The first-order valence-corrected chi connectivity index (χ1v) is 5.48. The molecule has 100 valence electrons. The molecule has 1 atom stereocenters. The van der Waals surface area contributed by atoms with E-state index in [0.29, 0.717) is 6.42 Å². The van der Waals surface area contributed by atoms with E-state index in [1.54, 1.807) is 0 Å². The van der Waals surface area contributed by atoms with Crippen LogP contribution in [0.25, 0.3) is 0 Å². The van der Waals surface area contributed by atoms with E-state index in [1.807, 2.05) is 13.8 Å². The van der Waals surface area contributed by atoms with Crippen LogP contribution < -0.4 is 10.1 Å². The Kier molecular flexibility index (Phi) is 4.70. The third-order valence-electron chi connectivity index (χ3n) is 2.23. The number of aliphatic carboxylic acids is 1. The summed E-state index contributed by atoms with van der Waals surface area (Å²) in [5, 5.41) is 14.8. The molecule has 1 amide bonds. The normalized spacial score (nSPS) is 12.2. The van der Waals surface area contributed by atoms with Crippen molar-refractivity contribution in [1.29, 1.82) is 0 Å². The molecular weight excluding hydrogens is 240 g/mol. The summed E-state index contributed by atoms with van der Waals surface area (Å²) in [7, 11) is 1.39. The third-order valence-corrected chi connectivity index (χ3v) is 2.23. The van der Waals surface area contributed by atoms with Crippen LogP contribution in [0.3, 0.4) is 0 Å². The highest BCUT2D eigenvalue weighted by atomic mass is 16.5. The Bertz CT molecular complexity index is 427. The maximum Gasteiger partial charge on any atom is 0.326 e. The Hall–Kier alpha value is -2.05. The third kappa shape index (κ3) is 3.76. The van der Waals surface area contributed by atoms with Gasteiger partial charge in [0.1, 0.15) is 6.04 Å². The number of carbonyl (C=O) groups is 2. The summed E-state index contributed by atoms with van der Waals surface area (Å²) in [6.45, 7) is 3.75. The molecule has 0 aliphatic rings. The summed E-state index contributed by atoms with van der Waals surface area (Å²) in [6, 6.07) is 0.345. The number of nitrogens with one attached hydrogen (secondary N) is 1. The van der Waals surface area contributed by atoms with Crippen LogP contribution in [0.2, 0.25) is 0 Å². The average molecular weight is 256 g/mol. The number of rotatable bonds is 6. The molecular formula is C11H16N2O5. The highest BCUT2D eigenvalue weighted by Crippen LogP contribution is 2.11. The molecule has 0 bridgehead atoms. The number of hydrogen-bond donors (Lipinski definition) is 2. The highest BCUT2D eigenvalue weighted by molar-refractivity contribution is 5.94. The van der Waals surface area contributed by atoms with Crippen molar-refractivity contribution in [3.8, 4) is 5.88 Å². The Morgan fingerprint density at radius 2 is 2.22 bits per heavy atom. The number of ether oxygens (including phenoxy) is 1. The van der Waals surface area contributed by atoms with E-state index in [2.05, 4.69) is 10.5 Å². The summed E-state index contributed by atoms with van der Waals surface area (Å²) in [5.41, 5.74) is 0. The van der Waals surface area contributed by atoms with Gasteiger partial charge in [0.15, 0.2) is 0 Å². The number of carbonyl (C=O) groups excluding carboxylic acids is 1. The SMILES string of the molecule is COc1cc(C(=O)NC(CC(C)C)C(=O)O)on1. The van der Waals surface area contributed by atoms with Crippen LogP contribution in [0.5, 0.6) is 5.88 Å². The van der Waals surface area contributed by atoms with E-state index in [-0.39, 0.29) is 17.6 Å². The monoisotopic (exact) mass is 256 g/mol. The number of nitrogens with zero attached hydrogens (tertiary/aromatic N) is 1. The molecule has 0 spiro atoms. The maximum atomic E-state index is 11.7. The van der Waals surface area contributed by atoms with E-state index >= 15 is 0 Å². The molecule has 0 aromatic carbocycles. The van der Waals surface area contributed by atoms with Crippen LogP contribution in [0.1, 0.15) is 30.8 Å². The lowest BCUT2D eigenvalue weighted by molar-refractivity contribution is -0.139. The van der Waals surface area contributed by atoms with Crippen molar-refractivity contribution >= 4 is 11.9 Å². The molecule has 7 nitrogen and oxygen atoms in total. The van der Waals surface area contributed by atoms with Crippen molar-refractivity contribution in [2.75, 3.05) is 7.11 Å². The van der Waals surface area contributed by atoms with Crippen LogP contribution in [-0.4, -0.2) is 35.3 Å². The summed E-state index contributed by atoms with van der Waals surface area (Å²) in [6.07, 6.45) is 0.340. The fourth-order valence-electron chi connectivity index (χ4n) is 1.38. The van der Waals surface area contributed by atoms with E-state index in [4.69, 9.17) is 14.4 Å². The summed E-state index contributed by atoms with van der Waals surface area (Å²) in [4.78, 5) is 22.7. The number of amides is 1. The summed E-state index contributed by atoms with van der Waals surface area (Å²) >= 11 is 0. The molecule has 2 N–H and O–H groups in total. The fourth-order valence-corrected chi connectivity index (χ4v) is 1.38. The van der Waals surface area contributed by atoms with Gasteiger partial charge in [-0.25, -0.2) is 4.79 Å². The molecule has 0 aliphatic heterocycles. The minimum absolute atomic E-state index is 0.0816. The fraction of sp³-hybridized carbons (Fsp3) is 0.545. The molecule has 0 aliphatic carbocycles. The lowest BCUT2D eigenvalue weighted by atomic mass is 10.0. The minimum atomic E-state index is -1.08. The molecule has 1 aromatic heterocycles. The summed E-state index contributed by atoms with van der Waals surface area (Å²) < 4.78 is 9.48. The number of carboxylic acid groups (broad SMARTS) is 1. The first kappa shape index (κ1) is 14.0. The molecule has 0 fully saturated rings. The Morgan fingerprint density at radius 3 is 2.67 bits per heavy atom. The zero-order valence-corrected chi connectivity index (χ0v) is 10.5. The zero-order chi connectivity index (χ0) is 13.7. The largest absolute Gasteiger partial charge is 0.480 e. The van der Waals surface area contributed by atoms with Gasteiger partial charge >= 0.3 is 5.97 Å². The van der Waals surface area contributed by atoms with Gasteiger partial charge in [0, 0.05) is 0 Å². The second-order valence-electron chi connectivity index (χ2n) is 4.23. The molecule has 0 saturated heterocycles. The maximum absolute atomic E-state index is 11.7. The predicted octanol–water partition coefficient (Wildman–Crippen LogP) is 0.912. The smallest absolute Gasteiger partial charge is 0.326 e. The Labute approximate surface area is 104 Å². The molecule has 1 unspecified atom stereocenters. The van der Waals surface area contributed by atoms with Crippen molar-refractivity contribution in [1.82, 2.24) is 10.5 Å². The molecule has 0 radical (unpaired) electrons. The number of methoxy groups -OCH3 is 1. The molecule has 1 heterocycles. The first-order chi connectivity index (χ1) is 8.43. The molecule has 7 heteroatoms. The van der Waals surface area contributed by atoms with Gasteiger partial charge in [-0.15, -0.1) is 0 Å². The van der Waals surface area contributed by atoms with Gasteiger partial charge in [-0.05, 0) is 17.5 Å². The van der Waals surface area contributed by atoms with Gasteiger partial charge in [0.25, 0.3) is 11.8 Å². The molecule has 18 heavy (non-hydrogen) atoms. The average Bonchev–Trinajstić information content (AvgIpc) is 2.75. The summed E-state index contributed by atoms with van der Waals surface area (Å²) in [5.74, 6) is -1.48. The highest BCUT2D eigenvalue weighted by Gasteiger charge is 2.23. The first-order valence-electron chi connectivity index (χ1n) is 5.48. The van der Waals surface area contributed by atoms with E-state index in [9.17, 15) is 9.59 Å². The molecule has 1 aromatic rings. The quantitative estimate of drug-likeness (QED) is 0.784. The van der Waals surface area contributed by atoms with Gasteiger partial charge < -0.3 is 19.7 Å². The van der Waals surface area contributed by atoms with Crippen LogP contribution in [0.15, 0.2) is 10.6 Å². The van der Waals surface area contributed by atoms with Crippen LogP contribution in [0.4, 0.5) is 0 Å². The van der Waals surface area contributed by atoms with Gasteiger partial charge in [-0.1, -0.05) is 13.8 Å². The van der Waals surface area contributed by atoms with Gasteiger partial charge in [-0.3, -0.25) is 4.79 Å². The van der Waals surface area contributed by atoms with Crippen molar-refractivity contribution < 1.29 is 24.0 Å². The Balaban J connectivity index is 2.69. The second-order valence-corrected chi connectivity index (χ2v) is 4.23. The van der Waals surface area contributed by atoms with E-state index in [1.165, 1.54) is 13.2 Å². The number of carboxylic acids is 1. The predicted molar refractivity (Wildman–Crippen MR) is 61.4 cm³/mol. The van der Waals surface area contributed by atoms with Gasteiger partial charge in [0.05, 0.1) is 13.2 Å². The topological polar surface area (TPSA) is 102 Å². The van der Waals surface area contributed by atoms with Gasteiger partial charge in [0.2, 0.25) is 5.76 Å². The van der Waals surface area contributed by atoms with Crippen molar-refractivity contribution in [3.05, 3.63) is 11.8 Å². The van der Waals surface area contributed by atoms with Crippen LogP contribution in [0, 0.1) is 5.92 Å². The van der Waals surface area contributed by atoms with Crippen LogP contribution >= 0.6 is 0 Å². The van der Waals surface area contributed by atoms with E-state index < -0.39 is 17.9 Å². The van der Waals surface area contributed by atoms with Crippen molar-refractivity contribution in [2.24, 2.45) is 5.92 Å². The number of aromatic nitrogens is 1. The van der Waals surface area contributed by atoms with Gasteiger partial charge in [-0.2, -0.15) is 0 Å². The Morgan fingerprint density at radius 1 is 1.56 bits per heavy atom. The van der Waals surface area contributed by atoms with Crippen molar-refractivity contribution in [2.45, 2.75) is 26.3 Å². The zero-order valence-electron chi connectivity index (χ0n) is 10.5. The lowest BCUT2D eigenvalue weighted by Gasteiger charge is -2.15. The lowest BCUT2D eigenvalue weighted by Crippen LogP contribution is -2.41. The minimum Gasteiger partial charge on any atom is -0.480 e. The van der Waals surface area contributed by atoms with E-state index in [0.717, 1.165) is 0 Å². The molecule has 1 rings (SSSR count).